The summed E-state index contributed by atoms with van der Waals surface area (Å²) >= 11 is 0. The number of aromatic hydroxyl groups is 1. The van der Waals surface area contributed by atoms with Crippen LogP contribution in [-0.2, 0) is 33.0 Å². The number of nitrogens with one attached hydrogen (secondary N) is 2. The van der Waals surface area contributed by atoms with Gasteiger partial charge in [0, 0.05) is 26.7 Å². The number of hydrogen-bond acceptors (Lipinski definition) is 7. The number of hydrogen-bond donors (Lipinski definition) is 3. The Labute approximate surface area is 224 Å². The smallest absolute Gasteiger partial charge is 0.312 e. The monoisotopic (exact) mass is 541 g/mol. The van der Waals surface area contributed by atoms with Gasteiger partial charge in [-0.2, -0.15) is 0 Å². The van der Waals surface area contributed by atoms with Crippen LogP contribution >= 0.6 is 0 Å². The van der Waals surface area contributed by atoms with Crippen LogP contribution in [0.15, 0.2) is 29.1 Å². The first-order valence-electron chi connectivity index (χ1n) is 13.2. The molecule has 1 saturated heterocycles. The molecule has 2 bridgehead atoms. The van der Waals surface area contributed by atoms with Crippen LogP contribution in [0.4, 0.5) is 4.39 Å². The lowest BCUT2D eigenvalue weighted by atomic mass is 9.77. The first-order valence-corrected chi connectivity index (χ1v) is 13.2. The quantitative estimate of drug-likeness (QED) is 0.466. The molecule has 4 aliphatic rings. The highest BCUT2D eigenvalue weighted by Gasteiger charge is 2.47. The molecule has 2 fully saturated rings. The zero-order valence-electron chi connectivity index (χ0n) is 21.7. The van der Waals surface area contributed by atoms with Gasteiger partial charge in [0.25, 0.3) is 11.5 Å². The van der Waals surface area contributed by atoms with Crippen LogP contribution in [0, 0.1) is 11.7 Å². The van der Waals surface area contributed by atoms with Crippen LogP contribution in [-0.4, -0.2) is 63.6 Å². The largest absolute Gasteiger partial charge is 0.501 e. The SMILES string of the molecule is COCC1CCCN1C(=O)C(=O)NC12CCC(CC1)Cn1c2nc(C(=O)NCc2ccc(F)cc2)c(O)c1=O. The van der Waals surface area contributed by atoms with E-state index in [-0.39, 0.29) is 24.3 Å². The lowest BCUT2D eigenvalue weighted by Crippen LogP contribution is -2.55. The number of methoxy groups -OCH3 is 1. The molecule has 1 unspecified atom stereocenters. The molecule has 3 amide bonds. The number of aromatic nitrogens is 2. The van der Waals surface area contributed by atoms with Gasteiger partial charge in [-0.1, -0.05) is 12.1 Å². The minimum atomic E-state index is -1.14. The fraction of sp³-hybridized carbons (Fsp3) is 0.519. The summed E-state index contributed by atoms with van der Waals surface area (Å²) in [6.45, 7) is 1.10. The summed E-state index contributed by atoms with van der Waals surface area (Å²) in [6.07, 6.45) is 3.75. The number of fused-ring (bicyclic) bond motifs is 2. The van der Waals surface area contributed by atoms with Crippen molar-refractivity contribution in [1.82, 2.24) is 25.1 Å². The maximum atomic E-state index is 13.3. The third-order valence-corrected chi connectivity index (χ3v) is 8.10. The minimum absolute atomic E-state index is 0.0234. The summed E-state index contributed by atoms with van der Waals surface area (Å²) < 4.78 is 19.7. The number of nitrogens with zero attached hydrogens (tertiary/aromatic N) is 3. The van der Waals surface area contributed by atoms with E-state index in [1.165, 1.54) is 33.7 Å². The van der Waals surface area contributed by atoms with Crippen molar-refractivity contribution in [2.75, 3.05) is 20.3 Å². The third kappa shape index (κ3) is 5.12. The van der Waals surface area contributed by atoms with E-state index in [0.29, 0.717) is 50.9 Å². The zero-order valence-corrected chi connectivity index (χ0v) is 21.7. The lowest BCUT2D eigenvalue weighted by Gasteiger charge is -2.37. The molecule has 0 spiro atoms. The van der Waals surface area contributed by atoms with Gasteiger partial charge in [0.05, 0.1) is 18.2 Å². The van der Waals surface area contributed by atoms with Crippen LogP contribution in [0.25, 0.3) is 0 Å². The first-order chi connectivity index (χ1) is 18.7. The van der Waals surface area contributed by atoms with Crippen molar-refractivity contribution >= 4 is 17.7 Å². The van der Waals surface area contributed by atoms with Crippen molar-refractivity contribution in [3.8, 4) is 5.75 Å². The molecule has 0 radical (unpaired) electrons. The van der Waals surface area contributed by atoms with Crippen molar-refractivity contribution in [3.63, 3.8) is 0 Å². The van der Waals surface area contributed by atoms with E-state index in [4.69, 9.17) is 4.74 Å². The fourth-order valence-corrected chi connectivity index (χ4v) is 5.99. The standard InChI is InChI=1S/C27H32FN5O6/c1-39-15-19-3-2-12-32(19)25(38)23(36)31-27-10-8-17(9-11-27)14-33-24(37)21(34)20(30-26(27)33)22(35)29-13-16-4-6-18(28)7-5-16/h4-7,17,19,34H,2-3,8-15H2,1H3,(H,29,35)(H,31,36). The second-order valence-electron chi connectivity index (χ2n) is 10.6. The molecule has 1 aliphatic carbocycles. The maximum Gasteiger partial charge on any atom is 0.312 e. The van der Waals surface area contributed by atoms with Crippen molar-refractivity contribution in [1.29, 1.82) is 0 Å². The van der Waals surface area contributed by atoms with Gasteiger partial charge in [-0.25, -0.2) is 9.37 Å². The van der Waals surface area contributed by atoms with Gasteiger partial charge in [0.2, 0.25) is 5.75 Å². The third-order valence-electron chi connectivity index (χ3n) is 8.10. The molecule has 1 aromatic carbocycles. The molecule has 1 atom stereocenters. The van der Waals surface area contributed by atoms with E-state index in [1.807, 2.05) is 0 Å². The summed E-state index contributed by atoms with van der Waals surface area (Å²) in [5, 5.41) is 16.1. The van der Waals surface area contributed by atoms with Gasteiger partial charge >= 0.3 is 11.8 Å². The number of carbonyl (C=O) groups excluding carboxylic acids is 3. The van der Waals surface area contributed by atoms with Crippen LogP contribution in [0.1, 0.15) is 60.4 Å². The Bertz CT molecular complexity index is 1340. The van der Waals surface area contributed by atoms with E-state index < -0.39 is 46.1 Å². The number of amides is 3. The molecule has 6 rings (SSSR count). The number of halogens is 1. The summed E-state index contributed by atoms with van der Waals surface area (Å²) in [5.74, 6) is -3.15. The normalized spacial score (nSPS) is 23.7. The molecule has 4 heterocycles. The number of likely N-dealkylation sites (tertiary alicyclic amines) is 1. The van der Waals surface area contributed by atoms with E-state index >= 15 is 0 Å². The van der Waals surface area contributed by atoms with Crippen LogP contribution in [0.3, 0.4) is 0 Å². The number of ether oxygens (including phenoxy) is 1. The average Bonchev–Trinajstić information content (AvgIpc) is 3.27. The molecular formula is C27H32FN5O6. The van der Waals surface area contributed by atoms with E-state index in [1.54, 1.807) is 7.11 Å². The second kappa shape index (κ2) is 10.8. The maximum absolute atomic E-state index is 13.3. The summed E-state index contributed by atoms with van der Waals surface area (Å²) in [6, 6.07) is 5.35. The van der Waals surface area contributed by atoms with Crippen molar-refractivity contribution < 1.29 is 28.6 Å². The minimum Gasteiger partial charge on any atom is -0.501 e. The fourth-order valence-electron chi connectivity index (χ4n) is 5.99. The molecule has 12 heteroatoms. The van der Waals surface area contributed by atoms with Crippen molar-refractivity contribution in [2.45, 2.75) is 63.2 Å². The van der Waals surface area contributed by atoms with Gasteiger partial charge in [0.15, 0.2) is 5.69 Å². The predicted molar refractivity (Wildman–Crippen MR) is 136 cm³/mol. The second-order valence-corrected chi connectivity index (χ2v) is 10.6. The highest BCUT2D eigenvalue weighted by molar-refractivity contribution is 6.35. The average molecular weight is 542 g/mol. The van der Waals surface area contributed by atoms with Gasteiger partial charge in [-0.15, -0.1) is 0 Å². The number of carbonyl (C=O) groups is 3. The Kier molecular flexibility index (Phi) is 7.39. The lowest BCUT2D eigenvalue weighted by molar-refractivity contribution is -0.148. The molecule has 3 N–H and O–H groups in total. The topological polar surface area (TPSA) is 143 Å². The number of benzene rings is 1. The number of rotatable bonds is 6. The summed E-state index contributed by atoms with van der Waals surface area (Å²) in [4.78, 5) is 58.7. The Morgan fingerprint density at radius 1 is 1.18 bits per heavy atom. The highest BCUT2D eigenvalue weighted by atomic mass is 19.1. The molecule has 208 valence electrons. The van der Waals surface area contributed by atoms with E-state index in [2.05, 4.69) is 15.6 Å². The van der Waals surface area contributed by atoms with Crippen LogP contribution < -0.4 is 16.2 Å². The van der Waals surface area contributed by atoms with Gasteiger partial charge < -0.3 is 25.4 Å². The van der Waals surface area contributed by atoms with Gasteiger partial charge in [0.1, 0.15) is 11.6 Å². The molecule has 3 aliphatic heterocycles. The first kappa shape index (κ1) is 26.8. The molecule has 11 nitrogen and oxygen atoms in total. The van der Waals surface area contributed by atoms with E-state index in [9.17, 15) is 28.7 Å². The Balaban J connectivity index is 1.44. The zero-order chi connectivity index (χ0) is 27.7. The van der Waals surface area contributed by atoms with Gasteiger partial charge in [-0.05, 0) is 62.1 Å². The summed E-state index contributed by atoms with van der Waals surface area (Å²) in [5.41, 5.74) is -1.76. The molecule has 2 aromatic rings. The van der Waals surface area contributed by atoms with Gasteiger partial charge in [-0.3, -0.25) is 23.7 Å². The summed E-state index contributed by atoms with van der Waals surface area (Å²) in [7, 11) is 1.55. The Morgan fingerprint density at radius 3 is 2.59 bits per heavy atom. The molecule has 1 aromatic heterocycles. The predicted octanol–water partition coefficient (Wildman–Crippen LogP) is 1.17. The molecule has 1 saturated carbocycles. The van der Waals surface area contributed by atoms with Crippen LogP contribution in [0.2, 0.25) is 0 Å². The van der Waals surface area contributed by atoms with Crippen molar-refractivity contribution in [2.24, 2.45) is 5.92 Å². The molecular weight excluding hydrogens is 509 g/mol. The Morgan fingerprint density at radius 2 is 1.90 bits per heavy atom. The highest BCUT2D eigenvalue weighted by Crippen LogP contribution is 2.43. The van der Waals surface area contributed by atoms with Crippen LogP contribution in [0.5, 0.6) is 5.75 Å². The molecule has 39 heavy (non-hydrogen) atoms. The van der Waals surface area contributed by atoms with E-state index in [0.717, 1.165) is 12.8 Å². The Hall–Kier alpha value is -3.80. The van der Waals surface area contributed by atoms with Crippen molar-refractivity contribution in [3.05, 3.63) is 57.5 Å².